The Balaban J connectivity index is 0.00000144. The first-order valence-corrected chi connectivity index (χ1v) is 7.33. The smallest absolute Gasteiger partial charge is 0.229 e. The zero-order chi connectivity index (χ0) is 14.4. The lowest BCUT2D eigenvalue weighted by molar-refractivity contribution is -0.118. The van der Waals surface area contributed by atoms with Crippen molar-refractivity contribution in [3.8, 4) is 0 Å². The lowest BCUT2D eigenvalue weighted by Gasteiger charge is -2.23. The van der Waals surface area contributed by atoms with Crippen molar-refractivity contribution in [2.45, 2.75) is 19.3 Å². The first-order valence-electron chi connectivity index (χ1n) is 7.33. The van der Waals surface area contributed by atoms with Gasteiger partial charge in [-0.25, -0.2) is 4.39 Å². The van der Waals surface area contributed by atoms with Crippen LogP contribution in [0.2, 0.25) is 0 Å². The first-order chi connectivity index (χ1) is 10.2. The van der Waals surface area contributed by atoms with Gasteiger partial charge in [-0.05, 0) is 56.0 Å². The Kier molecular flexibility index (Phi) is 3.82. The maximum Gasteiger partial charge on any atom is 0.229 e. The number of piperidine rings is 1. The van der Waals surface area contributed by atoms with E-state index in [1.807, 2.05) is 0 Å². The lowest BCUT2D eigenvalue weighted by atomic mass is 9.92. The molecule has 1 unspecified atom stereocenters. The van der Waals surface area contributed by atoms with Crippen LogP contribution in [0.5, 0.6) is 0 Å². The zero-order valence-corrected chi connectivity index (χ0v) is 12.8. The average Bonchev–Trinajstić information content (AvgIpc) is 3.03. The summed E-state index contributed by atoms with van der Waals surface area (Å²) in [7, 11) is 0. The lowest BCUT2D eigenvalue weighted by Crippen LogP contribution is -2.31. The third kappa shape index (κ3) is 2.46. The molecule has 1 spiro atoms. The van der Waals surface area contributed by atoms with Crippen molar-refractivity contribution in [2.24, 2.45) is 11.3 Å². The predicted molar refractivity (Wildman–Crippen MR) is 84.6 cm³/mol. The molecule has 4 rings (SSSR count). The summed E-state index contributed by atoms with van der Waals surface area (Å²) in [5, 5.41) is 13.7. The molecular weight excluding hydrogens is 307 g/mol. The van der Waals surface area contributed by atoms with Gasteiger partial charge in [0.05, 0.1) is 5.52 Å². The van der Waals surface area contributed by atoms with Crippen LogP contribution in [0, 0.1) is 17.2 Å². The fraction of sp³-hybridized carbons (Fsp3) is 0.467. The highest BCUT2D eigenvalue weighted by molar-refractivity contribution is 6.01. The predicted octanol–water partition coefficient (Wildman–Crippen LogP) is 2.45. The van der Waals surface area contributed by atoms with Crippen molar-refractivity contribution in [2.75, 3.05) is 18.4 Å². The number of nitrogens with one attached hydrogen (secondary N) is 3. The molecule has 1 aromatic heterocycles. The van der Waals surface area contributed by atoms with E-state index < -0.39 is 0 Å². The number of hydrogen-bond donors (Lipinski definition) is 3. The summed E-state index contributed by atoms with van der Waals surface area (Å²) in [6.45, 7) is 1.97. The molecule has 2 aliphatic rings. The minimum absolute atomic E-state index is 0. The molecule has 7 heteroatoms. The SMILES string of the molecule is Cl.O=C(Nc1n[nH]c2ccc(F)cc12)C1CC12CCNCC2. The number of carbonyl (C=O) groups excluding carboxylic acids is 1. The Hall–Kier alpha value is -1.66. The van der Waals surface area contributed by atoms with E-state index in [2.05, 4.69) is 20.8 Å². The fourth-order valence-electron chi connectivity index (χ4n) is 3.48. The van der Waals surface area contributed by atoms with Crippen molar-refractivity contribution < 1.29 is 9.18 Å². The van der Waals surface area contributed by atoms with Gasteiger partial charge in [0.15, 0.2) is 5.82 Å². The second-order valence-corrected chi connectivity index (χ2v) is 6.12. The topological polar surface area (TPSA) is 69.8 Å². The standard InChI is InChI=1S/C15H17FN4O.ClH/c16-9-1-2-12-10(7-9)13(20-19-12)18-14(21)11-8-15(11)3-5-17-6-4-15;/h1-2,7,11,17H,3-6,8H2,(H2,18,19,20,21);1H. The highest BCUT2D eigenvalue weighted by atomic mass is 35.5. The van der Waals surface area contributed by atoms with Crippen LogP contribution in [-0.4, -0.2) is 29.2 Å². The summed E-state index contributed by atoms with van der Waals surface area (Å²) >= 11 is 0. The van der Waals surface area contributed by atoms with Gasteiger partial charge in [-0.2, -0.15) is 5.10 Å². The first kappa shape index (κ1) is 15.2. The summed E-state index contributed by atoms with van der Waals surface area (Å²) in [5.41, 5.74) is 0.909. The highest BCUT2D eigenvalue weighted by Crippen LogP contribution is 2.58. The van der Waals surface area contributed by atoms with Crippen LogP contribution in [0.3, 0.4) is 0 Å². The number of rotatable bonds is 2. The average molecular weight is 325 g/mol. The molecule has 1 atom stereocenters. The molecule has 1 saturated heterocycles. The van der Waals surface area contributed by atoms with Crippen LogP contribution in [0.25, 0.3) is 10.9 Å². The molecule has 1 aliphatic carbocycles. The van der Waals surface area contributed by atoms with E-state index in [0.29, 0.717) is 11.2 Å². The normalized spacial score (nSPS) is 22.3. The van der Waals surface area contributed by atoms with E-state index in [0.717, 1.165) is 37.9 Å². The molecule has 3 N–H and O–H groups in total. The minimum Gasteiger partial charge on any atom is -0.317 e. The van der Waals surface area contributed by atoms with Crippen molar-refractivity contribution >= 4 is 35.0 Å². The van der Waals surface area contributed by atoms with E-state index in [4.69, 9.17) is 0 Å². The summed E-state index contributed by atoms with van der Waals surface area (Å²) in [5.74, 6) is 0.167. The van der Waals surface area contributed by atoms with Crippen molar-refractivity contribution in [1.29, 1.82) is 0 Å². The van der Waals surface area contributed by atoms with Gasteiger partial charge in [0.1, 0.15) is 5.82 Å². The Morgan fingerprint density at radius 3 is 2.91 bits per heavy atom. The number of aromatic nitrogens is 2. The third-order valence-corrected chi connectivity index (χ3v) is 4.87. The van der Waals surface area contributed by atoms with Gasteiger partial charge in [-0.1, -0.05) is 0 Å². The van der Waals surface area contributed by atoms with Gasteiger partial charge in [0.25, 0.3) is 0 Å². The minimum atomic E-state index is -0.333. The van der Waals surface area contributed by atoms with E-state index in [1.54, 1.807) is 6.07 Å². The van der Waals surface area contributed by atoms with Gasteiger partial charge in [-0.3, -0.25) is 9.89 Å². The third-order valence-electron chi connectivity index (χ3n) is 4.87. The number of carbonyl (C=O) groups is 1. The van der Waals surface area contributed by atoms with Crippen LogP contribution < -0.4 is 10.6 Å². The van der Waals surface area contributed by atoms with Gasteiger partial charge < -0.3 is 10.6 Å². The van der Waals surface area contributed by atoms with Crippen molar-refractivity contribution in [3.05, 3.63) is 24.0 Å². The molecule has 22 heavy (non-hydrogen) atoms. The van der Waals surface area contributed by atoms with Crippen LogP contribution in [0.4, 0.5) is 10.2 Å². The second kappa shape index (κ2) is 5.52. The molecule has 1 aliphatic heterocycles. The van der Waals surface area contributed by atoms with Crippen LogP contribution >= 0.6 is 12.4 Å². The largest absolute Gasteiger partial charge is 0.317 e. The molecular formula is C15H18ClFN4O. The summed E-state index contributed by atoms with van der Waals surface area (Å²) in [4.78, 5) is 12.4. The number of benzene rings is 1. The number of nitrogens with zero attached hydrogens (tertiary/aromatic N) is 1. The molecule has 2 aromatic rings. The van der Waals surface area contributed by atoms with E-state index >= 15 is 0 Å². The molecule has 0 radical (unpaired) electrons. The van der Waals surface area contributed by atoms with Crippen LogP contribution in [-0.2, 0) is 4.79 Å². The number of H-pyrrole nitrogens is 1. The van der Waals surface area contributed by atoms with Crippen molar-refractivity contribution in [3.63, 3.8) is 0 Å². The van der Waals surface area contributed by atoms with Crippen LogP contribution in [0.15, 0.2) is 18.2 Å². The number of halogens is 2. The summed E-state index contributed by atoms with van der Waals surface area (Å²) in [6, 6.07) is 4.39. The number of amides is 1. The van der Waals surface area contributed by atoms with Crippen molar-refractivity contribution in [1.82, 2.24) is 15.5 Å². The van der Waals surface area contributed by atoms with Gasteiger partial charge in [0.2, 0.25) is 5.91 Å². The highest BCUT2D eigenvalue weighted by Gasteiger charge is 2.57. The molecule has 2 fully saturated rings. The summed E-state index contributed by atoms with van der Waals surface area (Å²) < 4.78 is 13.3. The van der Waals surface area contributed by atoms with E-state index in [1.165, 1.54) is 12.1 Å². The molecule has 1 aromatic carbocycles. The molecule has 118 valence electrons. The fourth-order valence-corrected chi connectivity index (χ4v) is 3.48. The maximum atomic E-state index is 13.3. The zero-order valence-electron chi connectivity index (χ0n) is 12.0. The van der Waals surface area contributed by atoms with E-state index in [-0.39, 0.29) is 35.5 Å². The van der Waals surface area contributed by atoms with E-state index in [9.17, 15) is 9.18 Å². The number of hydrogen-bond acceptors (Lipinski definition) is 3. The van der Waals surface area contributed by atoms with Gasteiger partial charge in [0, 0.05) is 11.3 Å². The van der Waals surface area contributed by atoms with Gasteiger partial charge >= 0.3 is 0 Å². The number of anilines is 1. The monoisotopic (exact) mass is 324 g/mol. The Bertz CT molecular complexity index is 711. The maximum absolute atomic E-state index is 13.3. The van der Waals surface area contributed by atoms with Gasteiger partial charge in [-0.15, -0.1) is 12.4 Å². The molecule has 1 saturated carbocycles. The molecule has 2 heterocycles. The summed E-state index contributed by atoms with van der Waals surface area (Å²) in [6.07, 6.45) is 3.07. The Morgan fingerprint density at radius 1 is 1.36 bits per heavy atom. The molecule has 5 nitrogen and oxygen atoms in total. The van der Waals surface area contributed by atoms with Crippen LogP contribution in [0.1, 0.15) is 19.3 Å². The number of fused-ring (bicyclic) bond motifs is 1. The second-order valence-electron chi connectivity index (χ2n) is 6.12. The molecule has 0 bridgehead atoms. The number of aromatic amines is 1. The Morgan fingerprint density at radius 2 is 2.14 bits per heavy atom. The molecule has 1 amide bonds. The Labute approximate surface area is 133 Å². The quantitative estimate of drug-likeness (QED) is 0.794.